The first-order valence-electron chi connectivity index (χ1n) is 9.29. The number of hydrogen-bond donors (Lipinski definition) is 2. The van der Waals surface area contributed by atoms with E-state index in [0.29, 0.717) is 34.3 Å². The fraction of sp³-hybridized carbons (Fsp3) is 0.238. The molecule has 9 heteroatoms. The molecule has 1 unspecified atom stereocenters. The standard InChI is InChI=1S/C21H20FN3O5/c1-4-13-5-7-15(10-17(13)25(28)29)24-21(27)20(26)23-12(3)19-11(2)16-9-14(22)6-8-18(16)30-19/h5-10,12H,4H2,1-3H3,(H,23,26)(H,24,27). The van der Waals surface area contributed by atoms with Crippen LogP contribution in [0.4, 0.5) is 15.8 Å². The summed E-state index contributed by atoms with van der Waals surface area (Å²) in [7, 11) is 0. The molecule has 0 radical (unpaired) electrons. The van der Waals surface area contributed by atoms with Crippen molar-refractivity contribution in [2.24, 2.45) is 0 Å². The lowest BCUT2D eigenvalue weighted by Gasteiger charge is -2.13. The molecule has 0 bridgehead atoms. The monoisotopic (exact) mass is 413 g/mol. The van der Waals surface area contributed by atoms with Crippen molar-refractivity contribution in [1.82, 2.24) is 5.32 Å². The molecule has 0 aliphatic rings. The molecule has 0 saturated carbocycles. The van der Waals surface area contributed by atoms with Crippen molar-refractivity contribution in [3.8, 4) is 0 Å². The molecule has 3 rings (SSSR count). The first-order valence-corrected chi connectivity index (χ1v) is 9.29. The van der Waals surface area contributed by atoms with E-state index in [4.69, 9.17) is 4.42 Å². The fourth-order valence-electron chi connectivity index (χ4n) is 3.25. The topological polar surface area (TPSA) is 114 Å². The molecule has 0 fully saturated rings. The van der Waals surface area contributed by atoms with Gasteiger partial charge >= 0.3 is 11.8 Å². The zero-order valence-electron chi connectivity index (χ0n) is 16.6. The minimum absolute atomic E-state index is 0.130. The number of nitro groups is 1. The van der Waals surface area contributed by atoms with Crippen molar-refractivity contribution in [2.75, 3.05) is 5.32 Å². The van der Waals surface area contributed by atoms with Crippen LogP contribution in [0.3, 0.4) is 0 Å². The third-order valence-electron chi connectivity index (χ3n) is 4.80. The highest BCUT2D eigenvalue weighted by molar-refractivity contribution is 6.39. The van der Waals surface area contributed by atoms with Crippen LogP contribution in [-0.2, 0) is 16.0 Å². The predicted molar refractivity (Wildman–Crippen MR) is 109 cm³/mol. The zero-order valence-corrected chi connectivity index (χ0v) is 16.6. The second-order valence-corrected chi connectivity index (χ2v) is 6.84. The van der Waals surface area contributed by atoms with E-state index in [1.807, 2.05) is 0 Å². The van der Waals surface area contributed by atoms with Gasteiger partial charge in [0.15, 0.2) is 0 Å². The number of hydrogen-bond acceptors (Lipinski definition) is 5. The third-order valence-corrected chi connectivity index (χ3v) is 4.80. The number of furan rings is 1. The second kappa shape index (κ2) is 8.32. The number of amides is 2. The van der Waals surface area contributed by atoms with Crippen LogP contribution in [0.15, 0.2) is 40.8 Å². The number of fused-ring (bicyclic) bond motifs is 1. The largest absolute Gasteiger partial charge is 0.459 e. The molecule has 1 heterocycles. The maximum atomic E-state index is 13.5. The Bertz CT molecular complexity index is 1150. The van der Waals surface area contributed by atoms with Crippen LogP contribution < -0.4 is 10.6 Å². The van der Waals surface area contributed by atoms with Gasteiger partial charge < -0.3 is 15.1 Å². The normalized spacial score (nSPS) is 11.9. The number of nitrogens with one attached hydrogen (secondary N) is 2. The van der Waals surface area contributed by atoms with Gasteiger partial charge in [0.25, 0.3) is 5.69 Å². The summed E-state index contributed by atoms with van der Waals surface area (Å²) in [5.74, 6) is -1.91. The number of benzene rings is 2. The summed E-state index contributed by atoms with van der Waals surface area (Å²) in [6.07, 6.45) is 0.462. The van der Waals surface area contributed by atoms with Crippen LogP contribution in [0.5, 0.6) is 0 Å². The first kappa shape index (κ1) is 21.0. The van der Waals surface area contributed by atoms with Gasteiger partial charge in [0, 0.05) is 28.3 Å². The predicted octanol–water partition coefficient (Wildman–Crippen LogP) is 4.17. The SMILES string of the molecule is CCc1ccc(NC(=O)C(=O)NC(C)c2oc3ccc(F)cc3c2C)cc1[N+](=O)[O-]. The minimum Gasteiger partial charge on any atom is -0.459 e. The van der Waals surface area contributed by atoms with Gasteiger partial charge in [-0.2, -0.15) is 0 Å². The lowest BCUT2D eigenvalue weighted by Crippen LogP contribution is -2.37. The summed E-state index contributed by atoms with van der Waals surface area (Å²) in [5.41, 5.74) is 1.66. The summed E-state index contributed by atoms with van der Waals surface area (Å²) < 4.78 is 19.2. The molecule has 3 aromatic rings. The Kier molecular flexibility index (Phi) is 5.81. The molecule has 0 spiro atoms. The molecule has 8 nitrogen and oxygen atoms in total. The highest BCUT2D eigenvalue weighted by atomic mass is 19.1. The van der Waals surface area contributed by atoms with Crippen LogP contribution in [0.1, 0.15) is 36.8 Å². The van der Waals surface area contributed by atoms with Gasteiger partial charge in [0.05, 0.1) is 11.0 Å². The van der Waals surface area contributed by atoms with Gasteiger partial charge in [0.1, 0.15) is 17.2 Å². The van der Waals surface area contributed by atoms with Crippen molar-refractivity contribution >= 4 is 34.2 Å². The molecule has 2 N–H and O–H groups in total. The second-order valence-electron chi connectivity index (χ2n) is 6.84. The van der Waals surface area contributed by atoms with E-state index >= 15 is 0 Å². The van der Waals surface area contributed by atoms with Crippen LogP contribution in [-0.4, -0.2) is 16.7 Å². The highest BCUT2D eigenvalue weighted by Gasteiger charge is 2.23. The molecule has 30 heavy (non-hydrogen) atoms. The number of carbonyl (C=O) groups is 2. The lowest BCUT2D eigenvalue weighted by molar-refractivity contribution is -0.385. The van der Waals surface area contributed by atoms with E-state index in [9.17, 15) is 24.1 Å². The van der Waals surface area contributed by atoms with E-state index in [1.54, 1.807) is 20.8 Å². The van der Waals surface area contributed by atoms with E-state index < -0.39 is 28.6 Å². The van der Waals surface area contributed by atoms with E-state index in [1.165, 1.54) is 36.4 Å². The number of nitro benzene ring substituents is 1. The van der Waals surface area contributed by atoms with Gasteiger partial charge in [0.2, 0.25) is 0 Å². The molecular formula is C21H20FN3O5. The summed E-state index contributed by atoms with van der Waals surface area (Å²) in [6.45, 7) is 5.15. The van der Waals surface area contributed by atoms with Crippen molar-refractivity contribution in [3.05, 3.63) is 69.2 Å². The van der Waals surface area contributed by atoms with Crippen molar-refractivity contribution in [3.63, 3.8) is 0 Å². The maximum Gasteiger partial charge on any atom is 0.313 e. The molecular weight excluding hydrogens is 393 g/mol. The van der Waals surface area contributed by atoms with E-state index in [2.05, 4.69) is 10.6 Å². The molecule has 0 aliphatic heterocycles. The molecule has 2 aromatic carbocycles. The van der Waals surface area contributed by atoms with Gasteiger partial charge in [-0.05, 0) is 44.5 Å². The Morgan fingerprint density at radius 2 is 1.93 bits per heavy atom. The molecule has 0 aliphatic carbocycles. The lowest BCUT2D eigenvalue weighted by atomic mass is 10.1. The smallest absolute Gasteiger partial charge is 0.313 e. The average molecular weight is 413 g/mol. The Balaban J connectivity index is 1.73. The van der Waals surface area contributed by atoms with Crippen LogP contribution >= 0.6 is 0 Å². The van der Waals surface area contributed by atoms with Crippen molar-refractivity contribution in [1.29, 1.82) is 0 Å². The molecule has 1 aromatic heterocycles. The molecule has 0 saturated heterocycles. The van der Waals surface area contributed by atoms with Gasteiger partial charge in [-0.15, -0.1) is 0 Å². The molecule has 156 valence electrons. The average Bonchev–Trinajstić information content (AvgIpc) is 3.03. The maximum absolute atomic E-state index is 13.5. The van der Waals surface area contributed by atoms with Crippen LogP contribution in [0.25, 0.3) is 11.0 Å². The van der Waals surface area contributed by atoms with Gasteiger partial charge in [-0.1, -0.05) is 13.0 Å². The van der Waals surface area contributed by atoms with Crippen molar-refractivity contribution < 1.29 is 23.3 Å². The highest BCUT2D eigenvalue weighted by Crippen LogP contribution is 2.30. The molecule has 1 atom stereocenters. The van der Waals surface area contributed by atoms with Crippen molar-refractivity contribution in [2.45, 2.75) is 33.2 Å². The van der Waals surface area contributed by atoms with Crippen LogP contribution in [0.2, 0.25) is 0 Å². The van der Waals surface area contributed by atoms with E-state index in [0.717, 1.165) is 0 Å². The van der Waals surface area contributed by atoms with Crippen LogP contribution in [0, 0.1) is 22.9 Å². The summed E-state index contributed by atoms with van der Waals surface area (Å²) in [4.78, 5) is 35.2. The summed E-state index contributed by atoms with van der Waals surface area (Å²) in [5, 5.41) is 16.6. The van der Waals surface area contributed by atoms with Gasteiger partial charge in [-0.25, -0.2) is 4.39 Å². The minimum atomic E-state index is -0.972. The van der Waals surface area contributed by atoms with Gasteiger partial charge in [-0.3, -0.25) is 19.7 Å². The Labute approximate surface area is 171 Å². The quantitative estimate of drug-likeness (QED) is 0.370. The summed E-state index contributed by atoms with van der Waals surface area (Å²) >= 11 is 0. The number of carbonyl (C=O) groups excluding carboxylic acids is 2. The summed E-state index contributed by atoms with van der Waals surface area (Å²) in [6, 6.07) is 7.70. The third kappa shape index (κ3) is 4.14. The molecule has 2 amide bonds. The first-order chi connectivity index (χ1) is 14.2. The van der Waals surface area contributed by atoms with E-state index in [-0.39, 0.29) is 11.4 Å². The number of nitrogens with zero attached hydrogens (tertiary/aromatic N) is 1. The zero-order chi connectivity index (χ0) is 22.0. The number of aryl methyl sites for hydroxylation is 2. The number of rotatable bonds is 5. The Hall–Kier alpha value is -3.75. The Morgan fingerprint density at radius 3 is 2.60 bits per heavy atom. The Morgan fingerprint density at radius 1 is 1.20 bits per heavy atom. The fourth-order valence-corrected chi connectivity index (χ4v) is 3.25. The number of anilines is 1. The number of halogens is 1.